The lowest BCUT2D eigenvalue weighted by Crippen LogP contribution is -2.73. The molecule has 0 saturated carbocycles. The molecule has 4 aliphatic heterocycles. The minimum atomic E-state index is -2.07. The van der Waals surface area contributed by atoms with E-state index in [1.54, 1.807) is 5.19 Å². The van der Waals surface area contributed by atoms with Gasteiger partial charge in [-0.15, -0.1) is 0 Å². The van der Waals surface area contributed by atoms with Crippen molar-refractivity contribution >= 4 is 58.6 Å². The first-order chi connectivity index (χ1) is 24.9. The van der Waals surface area contributed by atoms with Gasteiger partial charge in [-0.25, -0.2) is 0 Å². The number of anilines is 3. The van der Waals surface area contributed by atoms with E-state index in [9.17, 15) is 0 Å². The van der Waals surface area contributed by atoms with Crippen LogP contribution in [0.25, 0.3) is 22.3 Å². The summed E-state index contributed by atoms with van der Waals surface area (Å²) < 4.78 is 0. The van der Waals surface area contributed by atoms with Crippen molar-refractivity contribution in [2.45, 2.75) is 37.8 Å². The lowest BCUT2D eigenvalue weighted by molar-refractivity contribution is 0.642. The van der Waals surface area contributed by atoms with Gasteiger partial charge in [0.15, 0.2) is 0 Å². The second-order valence-electron chi connectivity index (χ2n) is 16.4. The largest absolute Gasteiger partial charge is 0.312 e. The van der Waals surface area contributed by atoms with Crippen LogP contribution < -0.4 is 31.7 Å². The molecule has 0 unspecified atom stereocenters. The molecule has 4 heterocycles. The Balaban J connectivity index is 1.33. The molecule has 7 aromatic carbocycles. The minimum Gasteiger partial charge on any atom is -0.312 e. The Hall–Kier alpha value is -5.38. The van der Waals surface area contributed by atoms with Crippen molar-refractivity contribution in [2.75, 3.05) is 4.90 Å². The maximum absolute atomic E-state index is 2.71. The van der Waals surface area contributed by atoms with Gasteiger partial charge in [0.1, 0.15) is 8.07 Å². The molecule has 0 aromatic heterocycles. The van der Waals surface area contributed by atoms with E-state index < -0.39 is 13.5 Å². The average molecular weight is 666 g/mol. The van der Waals surface area contributed by atoms with Crippen molar-refractivity contribution in [1.82, 2.24) is 0 Å². The molecule has 0 amide bonds. The Bertz CT molecular complexity index is 2680. The molecule has 5 aliphatic rings. The average Bonchev–Trinajstić information content (AvgIpc) is 3.46. The molecular formula is C48H36BNSi. The van der Waals surface area contributed by atoms with E-state index in [0.717, 1.165) is 0 Å². The number of fused-ring (bicyclic) bond motifs is 10. The Morgan fingerprint density at radius 2 is 1.10 bits per heavy atom. The number of para-hydroxylation sites is 1. The summed E-state index contributed by atoms with van der Waals surface area (Å²) in [5.41, 5.74) is 22.2. The Morgan fingerprint density at radius 1 is 0.471 bits per heavy atom. The molecule has 0 N–H and O–H groups in total. The summed E-state index contributed by atoms with van der Waals surface area (Å²) in [7, 11) is -2.07. The molecule has 240 valence electrons. The molecule has 12 rings (SSSR count). The summed E-state index contributed by atoms with van der Waals surface area (Å²) in [6, 6.07) is 56.3. The second-order valence-corrected chi connectivity index (χ2v) is 20.7. The molecule has 0 fully saturated rings. The van der Waals surface area contributed by atoms with E-state index in [1.165, 1.54) is 94.3 Å². The van der Waals surface area contributed by atoms with Crippen molar-refractivity contribution in [3.63, 3.8) is 0 Å². The number of rotatable bonds is 1. The van der Waals surface area contributed by atoms with Crippen LogP contribution in [-0.4, -0.2) is 14.8 Å². The van der Waals surface area contributed by atoms with E-state index in [1.807, 2.05) is 0 Å². The fourth-order valence-electron chi connectivity index (χ4n) is 11.6. The van der Waals surface area contributed by atoms with Gasteiger partial charge in [0, 0.05) is 22.5 Å². The van der Waals surface area contributed by atoms with E-state index in [2.05, 4.69) is 177 Å². The maximum atomic E-state index is 2.71. The van der Waals surface area contributed by atoms with Gasteiger partial charge >= 0.3 is 0 Å². The van der Waals surface area contributed by atoms with Crippen LogP contribution in [0, 0.1) is 0 Å². The summed E-state index contributed by atoms with van der Waals surface area (Å²) >= 11 is 0. The molecule has 0 atom stereocenters. The first-order valence-corrected chi connectivity index (χ1v) is 21.5. The lowest BCUT2D eigenvalue weighted by Gasteiger charge is -2.55. The standard InChI is InChI=1S/C48H36BNSi/c1-47(2)35-21-14-22-36-43(35)49-44-37(48(36)33-19-10-8-17-31(33)32-18-9-11-20-34(32)48)26-28-41-46(44)50(38-23-12-13-24-40(38)51(41,3)4)39-27-25-30(42(47)45(39)49)29-15-6-5-7-16-29/h5-28H,1-4H3. The predicted molar refractivity (Wildman–Crippen MR) is 217 cm³/mol. The van der Waals surface area contributed by atoms with Crippen LogP contribution in [0.3, 0.4) is 0 Å². The molecule has 0 radical (unpaired) electrons. The van der Waals surface area contributed by atoms with Crippen molar-refractivity contribution in [2.24, 2.45) is 0 Å². The minimum absolute atomic E-state index is 0.152. The molecule has 0 bridgehead atoms. The first kappa shape index (κ1) is 28.3. The van der Waals surface area contributed by atoms with Crippen molar-refractivity contribution < 1.29 is 0 Å². The molecular weight excluding hydrogens is 629 g/mol. The van der Waals surface area contributed by atoms with Crippen molar-refractivity contribution in [3.8, 4) is 22.3 Å². The Labute approximate surface area is 301 Å². The highest BCUT2D eigenvalue weighted by Crippen LogP contribution is 2.59. The van der Waals surface area contributed by atoms with Gasteiger partial charge in [-0.3, -0.25) is 0 Å². The molecule has 1 spiro atoms. The summed E-state index contributed by atoms with van der Waals surface area (Å²) in [5, 5.41) is 3.08. The number of hydrogen-bond donors (Lipinski definition) is 0. The quantitative estimate of drug-likeness (QED) is 0.160. The van der Waals surface area contributed by atoms with Crippen molar-refractivity contribution in [3.05, 3.63) is 179 Å². The van der Waals surface area contributed by atoms with Crippen LogP contribution in [0.1, 0.15) is 47.2 Å². The highest BCUT2D eigenvalue weighted by molar-refractivity contribution is 7.05. The van der Waals surface area contributed by atoms with E-state index in [4.69, 9.17) is 0 Å². The van der Waals surface area contributed by atoms with Crippen LogP contribution in [0.15, 0.2) is 146 Å². The predicted octanol–water partition coefficient (Wildman–Crippen LogP) is 8.10. The van der Waals surface area contributed by atoms with Crippen LogP contribution >= 0.6 is 0 Å². The zero-order valence-electron chi connectivity index (χ0n) is 29.4. The van der Waals surface area contributed by atoms with E-state index >= 15 is 0 Å². The SMILES string of the molecule is CC1(C)c2cccc3c2B2c4c(ccc5c4N(c4ccccc4[Si]5(C)C)c4ccc(-c5ccccc5)c1c42)C31c2ccccc2-c2ccccc21. The third kappa shape index (κ3) is 3.03. The molecule has 3 heteroatoms. The monoisotopic (exact) mass is 665 g/mol. The molecule has 51 heavy (non-hydrogen) atoms. The Morgan fingerprint density at radius 3 is 1.86 bits per heavy atom. The van der Waals surface area contributed by atoms with Gasteiger partial charge in [-0.1, -0.05) is 166 Å². The number of benzene rings is 7. The van der Waals surface area contributed by atoms with Crippen LogP contribution in [0.5, 0.6) is 0 Å². The van der Waals surface area contributed by atoms with Crippen LogP contribution in [-0.2, 0) is 10.8 Å². The van der Waals surface area contributed by atoms with Crippen molar-refractivity contribution in [1.29, 1.82) is 0 Å². The molecule has 1 nitrogen and oxygen atoms in total. The highest BCUT2D eigenvalue weighted by atomic mass is 28.3. The van der Waals surface area contributed by atoms with Gasteiger partial charge in [0.05, 0.1) is 5.41 Å². The van der Waals surface area contributed by atoms with Crippen LogP contribution in [0.2, 0.25) is 13.1 Å². The fourth-order valence-corrected chi connectivity index (χ4v) is 14.6. The third-order valence-electron chi connectivity index (χ3n) is 13.5. The van der Waals surface area contributed by atoms with Gasteiger partial charge < -0.3 is 4.90 Å². The maximum Gasteiger partial charge on any atom is 0.248 e. The van der Waals surface area contributed by atoms with Gasteiger partial charge in [0.2, 0.25) is 6.71 Å². The summed E-state index contributed by atoms with van der Waals surface area (Å²) in [5.74, 6) is 0. The smallest absolute Gasteiger partial charge is 0.248 e. The molecule has 1 aliphatic carbocycles. The normalized spacial score (nSPS) is 17.4. The summed E-state index contributed by atoms with van der Waals surface area (Å²) in [6.45, 7) is 10.3. The fraction of sp³-hybridized carbons (Fsp3) is 0.125. The zero-order valence-corrected chi connectivity index (χ0v) is 30.4. The Kier molecular flexibility index (Phi) is 5.05. The van der Waals surface area contributed by atoms with Crippen LogP contribution in [0.4, 0.5) is 17.1 Å². The second kappa shape index (κ2) is 9.10. The number of hydrogen-bond acceptors (Lipinski definition) is 1. The number of nitrogens with zero attached hydrogens (tertiary/aromatic N) is 1. The van der Waals surface area contributed by atoms with Gasteiger partial charge in [0.25, 0.3) is 0 Å². The molecule has 7 aromatic rings. The van der Waals surface area contributed by atoms with Gasteiger partial charge in [-0.05, 0) is 89.1 Å². The van der Waals surface area contributed by atoms with Gasteiger partial charge in [-0.2, -0.15) is 0 Å². The third-order valence-corrected chi connectivity index (χ3v) is 17.0. The highest BCUT2D eigenvalue weighted by Gasteiger charge is 2.60. The zero-order chi connectivity index (χ0) is 34.0. The molecule has 0 saturated heterocycles. The lowest BCUT2D eigenvalue weighted by atomic mass is 9.25. The first-order valence-electron chi connectivity index (χ1n) is 18.5. The topological polar surface area (TPSA) is 3.24 Å². The van der Waals surface area contributed by atoms with E-state index in [0.29, 0.717) is 0 Å². The van der Waals surface area contributed by atoms with E-state index in [-0.39, 0.29) is 12.1 Å². The summed E-state index contributed by atoms with van der Waals surface area (Å²) in [4.78, 5) is 2.71. The summed E-state index contributed by atoms with van der Waals surface area (Å²) in [6.07, 6.45) is 0.